The molecule has 0 unspecified atom stereocenters. The first-order valence-electron chi connectivity index (χ1n) is 9.15. The monoisotopic (exact) mass is 369 g/mol. The predicted molar refractivity (Wildman–Crippen MR) is 106 cm³/mol. The average molecular weight is 369 g/mol. The number of benzene rings is 2. The molecule has 1 amide bonds. The molecule has 0 aliphatic carbocycles. The zero-order valence-corrected chi connectivity index (χ0v) is 16.4. The molecule has 0 aromatic heterocycles. The second-order valence-corrected chi connectivity index (χ2v) is 6.59. The standard InChI is InChI=1S/C22H27NO4/c1-5-15(2)18-10-6-7-11-19(18)23-21(24)13-27-22(25)14-26-20-12-8-9-16(3)17(20)4/h6-12,15H,5,13-14H2,1-4H3,(H,23,24)/t15-/m1/s1. The average Bonchev–Trinajstić information content (AvgIpc) is 2.67. The van der Waals surface area contributed by atoms with E-state index in [1.807, 2.05) is 50.2 Å². The van der Waals surface area contributed by atoms with Gasteiger partial charge in [-0.1, -0.05) is 44.2 Å². The Balaban J connectivity index is 1.83. The first-order valence-corrected chi connectivity index (χ1v) is 9.15. The molecule has 0 saturated heterocycles. The van der Waals surface area contributed by atoms with Crippen LogP contribution < -0.4 is 10.1 Å². The van der Waals surface area contributed by atoms with E-state index in [-0.39, 0.29) is 19.1 Å². The second kappa shape index (κ2) is 9.76. The van der Waals surface area contributed by atoms with E-state index in [2.05, 4.69) is 19.2 Å². The highest BCUT2D eigenvalue weighted by molar-refractivity contribution is 5.93. The van der Waals surface area contributed by atoms with Gasteiger partial charge in [0, 0.05) is 5.69 Å². The lowest BCUT2D eigenvalue weighted by atomic mass is 9.97. The molecule has 0 spiro atoms. The molecule has 5 nitrogen and oxygen atoms in total. The lowest BCUT2D eigenvalue weighted by Crippen LogP contribution is -2.24. The number of nitrogens with one attached hydrogen (secondary N) is 1. The molecule has 0 saturated carbocycles. The Kier molecular flexibility index (Phi) is 7.41. The molecule has 2 aromatic rings. The fourth-order valence-corrected chi connectivity index (χ4v) is 2.65. The van der Waals surface area contributed by atoms with Crippen molar-refractivity contribution in [3.8, 4) is 5.75 Å². The van der Waals surface area contributed by atoms with Gasteiger partial charge < -0.3 is 14.8 Å². The van der Waals surface area contributed by atoms with E-state index >= 15 is 0 Å². The van der Waals surface area contributed by atoms with E-state index < -0.39 is 5.97 Å². The van der Waals surface area contributed by atoms with Crippen LogP contribution >= 0.6 is 0 Å². The quantitative estimate of drug-likeness (QED) is 0.702. The van der Waals surface area contributed by atoms with Gasteiger partial charge in [0.25, 0.3) is 5.91 Å². The molecular formula is C22H27NO4. The number of aryl methyl sites for hydroxylation is 1. The van der Waals surface area contributed by atoms with Gasteiger partial charge in [-0.2, -0.15) is 0 Å². The van der Waals surface area contributed by atoms with Crippen molar-refractivity contribution in [2.45, 2.75) is 40.0 Å². The van der Waals surface area contributed by atoms with E-state index in [0.717, 1.165) is 28.8 Å². The number of esters is 1. The second-order valence-electron chi connectivity index (χ2n) is 6.59. The molecule has 2 aromatic carbocycles. The number of hydrogen-bond donors (Lipinski definition) is 1. The van der Waals surface area contributed by atoms with Crippen molar-refractivity contribution in [2.24, 2.45) is 0 Å². The largest absolute Gasteiger partial charge is 0.482 e. The Morgan fingerprint density at radius 2 is 1.78 bits per heavy atom. The Morgan fingerprint density at radius 1 is 1.04 bits per heavy atom. The summed E-state index contributed by atoms with van der Waals surface area (Å²) in [7, 11) is 0. The van der Waals surface area contributed by atoms with E-state index in [1.54, 1.807) is 6.07 Å². The van der Waals surface area contributed by atoms with Crippen LogP contribution in [0.2, 0.25) is 0 Å². The third kappa shape index (κ3) is 5.84. The lowest BCUT2D eigenvalue weighted by molar-refractivity contribution is -0.149. The van der Waals surface area contributed by atoms with Gasteiger partial charge in [0.15, 0.2) is 13.2 Å². The Bertz CT molecular complexity index is 801. The van der Waals surface area contributed by atoms with Gasteiger partial charge in [0.2, 0.25) is 0 Å². The first kappa shape index (κ1) is 20.5. The maximum Gasteiger partial charge on any atom is 0.344 e. The summed E-state index contributed by atoms with van der Waals surface area (Å²) in [5.41, 5.74) is 3.88. The van der Waals surface area contributed by atoms with Crippen LogP contribution in [0.1, 0.15) is 42.9 Å². The zero-order chi connectivity index (χ0) is 19.8. The Labute approximate surface area is 160 Å². The summed E-state index contributed by atoms with van der Waals surface area (Å²) in [5, 5.41) is 2.81. The molecule has 144 valence electrons. The van der Waals surface area contributed by atoms with E-state index in [0.29, 0.717) is 11.7 Å². The number of rotatable bonds is 8. The first-order chi connectivity index (χ1) is 12.9. The van der Waals surface area contributed by atoms with Gasteiger partial charge in [0.05, 0.1) is 0 Å². The minimum atomic E-state index is -0.582. The molecule has 0 bridgehead atoms. The lowest BCUT2D eigenvalue weighted by Gasteiger charge is -2.15. The number of carbonyl (C=O) groups is 2. The predicted octanol–water partition coefficient (Wildman–Crippen LogP) is 4.38. The third-order valence-corrected chi connectivity index (χ3v) is 4.64. The number of carbonyl (C=O) groups excluding carboxylic acids is 2. The molecule has 27 heavy (non-hydrogen) atoms. The molecule has 0 fully saturated rings. The zero-order valence-electron chi connectivity index (χ0n) is 16.4. The van der Waals surface area contributed by atoms with Gasteiger partial charge in [0.1, 0.15) is 5.75 Å². The molecule has 5 heteroatoms. The molecule has 0 radical (unpaired) electrons. The SMILES string of the molecule is CC[C@@H](C)c1ccccc1NC(=O)COC(=O)COc1cccc(C)c1C. The van der Waals surface area contributed by atoms with Gasteiger partial charge >= 0.3 is 5.97 Å². The van der Waals surface area contributed by atoms with Crippen molar-refractivity contribution in [2.75, 3.05) is 18.5 Å². The topological polar surface area (TPSA) is 64.6 Å². The molecule has 1 N–H and O–H groups in total. The maximum atomic E-state index is 12.1. The van der Waals surface area contributed by atoms with Crippen LogP contribution in [-0.4, -0.2) is 25.1 Å². The highest BCUT2D eigenvalue weighted by atomic mass is 16.6. The molecule has 0 aliphatic rings. The summed E-state index contributed by atoms with van der Waals surface area (Å²) in [6.45, 7) is 7.53. The van der Waals surface area contributed by atoms with E-state index in [1.165, 1.54) is 0 Å². The highest BCUT2D eigenvalue weighted by Crippen LogP contribution is 2.26. The van der Waals surface area contributed by atoms with Gasteiger partial charge in [-0.05, 0) is 55.0 Å². The number of hydrogen-bond acceptors (Lipinski definition) is 4. The summed E-state index contributed by atoms with van der Waals surface area (Å²) in [6.07, 6.45) is 0.970. The summed E-state index contributed by atoms with van der Waals surface area (Å²) >= 11 is 0. The van der Waals surface area contributed by atoms with Gasteiger partial charge in [-0.15, -0.1) is 0 Å². The van der Waals surface area contributed by atoms with Crippen molar-refractivity contribution < 1.29 is 19.1 Å². The third-order valence-electron chi connectivity index (χ3n) is 4.64. The van der Waals surface area contributed by atoms with Crippen molar-refractivity contribution in [1.82, 2.24) is 0 Å². The van der Waals surface area contributed by atoms with Crippen LogP contribution in [0.15, 0.2) is 42.5 Å². The van der Waals surface area contributed by atoms with Crippen molar-refractivity contribution in [3.05, 3.63) is 59.2 Å². The van der Waals surface area contributed by atoms with Crippen LogP contribution in [-0.2, 0) is 14.3 Å². The molecular weight excluding hydrogens is 342 g/mol. The minimum absolute atomic E-state index is 0.235. The summed E-state index contributed by atoms with van der Waals surface area (Å²) in [5.74, 6) is 0.0148. The number of amides is 1. The van der Waals surface area contributed by atoms with Gasteiger partial charge in [-0.25, -0.2) is 4.79 Å². The Hall–Kier alpha value is -2.82. The highest BCUT2D eigenvalue weighted by Gasteiger charge is 2.13. The van der Waals surface area contributed by atoms with E-state index in [9.17, 15) is 9.59 Å². The normalized spacial score (nSPS) is 11.6. The van der Waals surface area contributed by atoms with Crippen molar-refractivity contribution in [3.63, 3.8) is 0 Å². The summed E-state index contributed by atoms with van der Waals surface area (Å²) in [4.78, 5) is 24.0. The summed E-state index contributed by atoms with van der Waals surface area (Å²) < 4.78 is 10.5. The number of ether oxygens (including phenoxy) is 2. The van der Waals surface area contributed by atoms with Crippen LogP contribution in [0.5, 0.6) is 5.75 Å². The van der Waals surface area contributed by atoms with Crippen LogP contribution in [0.4, 0.5) is 5.69 Å². The van der Waals surface area contributed by atoms with E-state index in [4.69, 9.17) is 9.47 Å². The van der Waals surface area contributed by atoms with Crippen LogP contribution in [0, 0.1) is 13.8 Å². The van der Waals surface area contributed by atoms with Crippen molar-refractivity contribution in [1.29, 1.82) is 0 Å². The van der Waals surface area contributed by atoms with Crippen LogP contribution in [0.3, 0.4) is 0 Å². The Morgan fingerprint density at radius 3 is 2.52 bits per heavy atom. The fraction of sp³-hybridized carbons (Fsp3) is 0.364. The molecule has 2 rings (SSSR count). The summed E-state index contributed by atoms with van der Waals surface area (Å²) in [6, 6.07) is 13.3. The molecule has 1 atom stereocenters. The molecule has 0 aliphatic heterocycles. The number of anilines is 1. The molecule has 0 heterocycles. The smallest absolute Gasteiger partial charge is 0.344 e. The van der Waals surface area contributed by atoms with Gasteiger partial charge in [-0.3, -0.25) is 4.79 Å². The van der Waals surface area contributed by atoms with Crippen LogP contribution in [0.25, 0.3) is 0 Å². The fourth-order valence-electron chi connectivity index (χ4n) is 2.65. The maximum absolute atomic E-state index is 12.1. The van der Waals surface area contributed by atoms with Crippen molar-refractivity contribution >= 4 is 17.6 Å². The minimum Gasteiger partial charge on any atom is -0.482 e. The number of para-hydroxylation sites is 1.